The molecule has 0 N–H and O–H groups in total. The third-order valence-electron chi connectivity index (χ3n) is 2.26. The quantitative estimate of drug-likeness (QED) is 0.669. The Kier molecular flexibility index (Phi) is 3.30. The van der Waals surface area contributed by atoms with Crippen LogP contribution in [-0.4, -0.2) is 0 Å². The highest BCUT2D eigenvalue weighted by molar-refractivity contribution is 9.11. The SMILES string of the molecule is CCc1cc2c(Br)c(CBr)ccc2s1. The van der Waals surface area contributed by atoms with Crippen molar-refractivity contribution in [3.63, 3.8) is 0 Å². The molecule has 0 saturated carbocycles. The van der Waals surface area contributed by atoms with Gasteiger partial charge in [-0.05, 0) is 40.0 Å². The molecule has 1 aromatic heterocycles. The van der Waals surface area contributed by atoms with Crippen LogP contribution in [0.2, 0.25) is 0 Å². The highest BCUT2D eigenvalue weighted by atomic mass is 79.9. The summed E-state index contributed by atoms with van der Waals surface area (Å²) in [6.45, 7) is 2.20. The Morgan fingerprint density at radius 1 is 1.36 bits per heavy atom. The summed E-state index contributed by atoms with van der Waals surface area (Å²) < 4.78 is 2.61. The van der Waals surface area contributed by atoms with Crippen LogP contribution in [0.25, 0.3) is 10.1 Å². The van der Waals surface area contributed by atoms with Gasteiger partial charge < -0.3 is 0 Å². The molecule has 0 aliphatic carbocycles. The molecule has 3 heteroatoms. The fraction of sp³-hybridized carbons (Fsp3) is 0.273. The van der Waals surface area contributed by atoms with E-state index in [9.17, 15) is 0 Å². The zero-order chi connectivity index (χ0) is 10.1. The summed E-state index contributed by atoms with van der Waals surface area (Å²) in [5.74, 6) is 0. The highest BCUT2D eigenvalue weighted by Crippen LogP contribution is 2.34. The third-order valence-corrected chi connectivity index (χ3v) is 5.04. The molecular weight excluding hydrogens is 324 g/mol. The van der Waals surface area contributed by atoms with E-state index in [1.165, 1.54) is 25.0 Å². The van der Waals surface area contributed by atoms with Crippen LogP contribution in [-0.2, 0) is 11.8 Å². The Morgan fingerprint density at radius 3 is 2.79 bits per heavy atom. The maximum absolute atomic E-state index is 3.66. The van der Waals surface area contributed by atoms with E-state index >= 15 is 0 Å². The van der Waals surface area contributed by atoms with Crippen molar-refractivity contribution < 1.29 is 0 Å². The number of alkyl halides is 1. The molecule has 0 spiro atoms. The van der Waals surface area contributed by atoms with Gasteiger partial charge in [-0.3, -0.25) is 0 Å². The molecule has 1 aromatic carbocycles. The number of halogens is 2. The number of hydrogen-bond donors (Lipinski definition) is 0. The van der Waals surface area contributed by atoms with E-state index in [1.54, 1.807) is 0 Å². The average molecular weight is 334 g/mol. The predicted molar refractivity (Wildman–Crippen MR) is 71.5 cm³/mol. The first-order chi connectivity index (χ1) is 6.76. The van der Waals surface area contributed by atoms with Gasteiger partial charge >= 0.3 is 0 Å². The Labute approximate surface area is 105 Å². The summed E-state index contributed by atoms with van der Waals surface area (Å²) in [5, 5.41) is 2.25. The minimum Gasteiger partial charge on any atom is -0.140 e. The Hall–Kier alpha value is 0.140. The Balaban J connectivity index is 2.68. The number of fused-ring (bicyclic) bond motifs is 1. The monoisotopic (exact) mass is 332 g/mol. The van der Waals surface area contributed by atoms with E-state index in [0.29, 0.717) is 0 Å². The van der Waals surface area contributed by atoms with E-state index in [2.05, 4.69) is 57.0 Å². The van der Waals surface area contributed by atoms with Gasteiger partial charge in [0.2, 0.25) is 0 Å². The molecule has 0 atom stereocenters. The molecule has 0 amide bonds. The maximum Gasteiger partial charge on any atom is 0.0357 e. The van der Waals surface area contributed by atoms with Gasteiger partial charge in [-0.25, -0.2) is 0 Å². The molecule has 0 radical (unpaired) electrons. The van der Waals surface area contributed by atoms with Crippen LogP contribution < -0.4 is 0 Å². The third kappa shape index (κ3) is 1.77. The lowest BCUT2D eigenvalue weighted by atomic mass is 10.2. The second kappa shape index (κ2) is 4.33. The lowest BCUT2D eigenvalue weighted by Gasteiger charge is -2.00. The van der Waals surface area contributed by atoms with Crippen LogP contribution in [0.15, 0.2) is 22.7 Å². The number of thiophene rings is 1. The summed E-state index contributed by atoms with van der Waals surface area (Å²) >= 11 is 9.04. The van der Waals surface area contributed by atoms with E-state index in [0.717, 1.165) is 11.8 Å². The van der Waals surface area contributed by atoms with Crippen LogP contribution in [0.1, 0.15) is 17.4 Å². The Morgan fingerprint density at radius 2 is 2.14 bits per heavy atom. The van der Waals surface area contributed by atoms with Crippen molar-refractivity contribution >= 4 is 53.3 Å². The van der Waals surface area contributed by atoms with Crippen molar-refractivity contribution in [3.8, 4) is 0 Å². The summed E-state index contributed by atoms with van der Waals surface area (Å²) in [7, 11) is 0. The van der Waals surface area contributed by atoms with Crippen LogP contribution in [0.3, 0.4) is 0 Å². The number of hydrogen-bond acceptors (Lipinski definition) is 1. The lowest BCUT2D eigenvalue weighted by molar-refractivity contribution is 1.19. The van der Waals surface area contributed by atoms with E-state index in [1.807, 2.05) is 11.3 Å². The largest absolute Gasteiger partial charge is 0.140 e. The molecule has 0 aliphatic heterocycles. The van der Waals surface area contributed by atoms with Gasteiger partial charge in [0.25, 0.3) is 0 Å². The first-order valence-electron chi connectivity index (χ1n) is 4.52. The molecular formula is C11H10Br2S. The second-order valence-corrected chi connectivity index (χ2v) is 5.67. The fourth-order valence-electron chi connectivity index (χ4n) is 1.45. The molecule has 1 heterocycles. The molecule has 2 rings (SSSR count). The predicted octanol–water partition coefficient (Wildman–Crippen LogP) is 5.12. The van der Waals surface area contributed by atoms with E-state index in [-0.39, 0.29) is 0 Å². The van der Waals surface area contributed by atoms with Crippen LogP contribution in [0.5, 0.6) is 0 Å². The van der Waals surface area contributed by atoms with Gasteiger partial charge in [0.1, 0.15) is 0 Å². The van der Waals surface area contributed by atoms with Crippen LogP contribution in [0, 0.1) is 0 Å². The zero-order valence-corrected chi connectivity index (χ0v) is 11.8. The summed E-state index contributed by atoms with van der Waals surface area (Å²) in [6, 6.07) is 6.67. The molecule has 0 aliphatic rings. The van der Waals surface area contributed by atoms with Gasteiger partial charge in [0, 0.05) is 24.8 Å². The molecule has 0 nitrogen and oxygen atoms in total. The molecule has 0 fully saturated rings. The molecule has 0 saturated heterocycles. The molecule has 2 aromatic rings. The fourth-order valence-corrected chi connectivity index (χ4v) is 4.04. The summed E-state index contributed by atoms with van der Waals surface area (Å²) in [5.41, 5.74) is 1.32. The molecule has 0 bridgehead atoms. The normalized spacial score (nSPS) is 11.1. The van der Waals surface area contributed by atoms with Crippen molar-refractivity contribution in [2.24, 2.45) is 0 Å². The molecule has 0 unspecified atom stereocenters. The van der Waals surface area contributed by atoms with Crippen molar-refractivity contribution in [2.75, 3.05) is 0 Å². The average Bonchev–Trinajstić information content (AvgIpc) is 2.62. The van der Waals surface area contributed by atoms with Gasteiger partial charge in [-0.2, -0.15) is 0 Å². The van der Waals surface area contributed by atoms with Crippen molar-refractivity contribution in [3.05, 3.63) is 33.1 Å². The maximum atomic E-state index is 3.66. The summed E-state index contributed by atoms with van der Waals surface area (Å²) in [4.78, 5) is 1.45. The standard InChI is InChI=1S/C11H10Br2S/c1-2-8-5-9-10(14-8)4-3-7(6-12)11(9)13/h3-5H,2,6H2,1H3. The van der Waals surface area contributed by atoms with E-state index in [4.69, 9.17) is 0 Å². The highest BCUT2D eigenvalue weighted by Gasteiger charge is 2.07. The van der Waals surface area contributed by atoms with Crippen molar-refractivity contribution in [1.82, 2.24) is 0 Å². The summed E-state index contributed by atoms with van der Waals surface area (Å²) in [6.07, 6.45) is 1.12. The van der Waals surface area contributed by atoms with Crippen molar-refractivity contribution in [2.45, 2.75) is 18.7 Å². The topological polar surface area (TPSA) is 0 Å². The van der Waals surface area contributed by atoms with Crippen molar-refractivity contribution in [1.29, 1.82) is 0 Å². The smallest absolute Gasteiger partial charge is 0.0357 e. The van der Waals surface area contributed by atoms with Gasteiger partial charge in [0.15, 0.2) is 0 Å². The van der Waals surface area contributed by atoms with Crippen LogP contribution in [0.4, 0.5) is 0 Å². The number of aryl methyl sites for hydroxylation is 1. The number of benzene rings is 1. The lowest BCUT2D eigenvalue weighted by Crippen LogP contribution is -1.79. The van der Waals surface area contributed by atoms with Gasteiger partial charge in [-0.1, -0.05) is 28.9 Å². The van der Waals surface area contributed by atoms with E-state index < -0.39 is 0 Å². The first-order valence-corrected chi connectivity index (χ1v) is 7.25. The van der Waals surface area contributed by atoms with Crippen LogP contribution >= 0.6 is 43.2 Å². The zero-order valence-electron chi connectivity index (χ0n) is 7.81. The molecule has 74 valence electrons. The molecule has 14 heavy (non-hydrogen) atoms. The Bertz CT molecular complexity index is 460. The minimum atomic E-state index is 0.904. The second-order valence-electron chi connectivity index (χ2n) is 3.15. The number of rotatable bonds is 2. The van der Waals surface area contributed by atoms with Gasteiger partial charge in [-0.15, -0.1) is 11.3 Å². The first kappa shape index (κ1) is 10.7. The van der Waals surface area contributed by atoms with Gasteiger partial charge in [0.05, 0.1) is 0 Å². The minimum absolute atomic E-state index is 0.904.